The highest BCUT2D eigenvalue weighted by atomic mass is 127. The maximum Gasteiger partial charge on any atom is 0.0504 e. The second-order valence-corrected chi connectivity index (χ2v) is 4.32. The smallest absolute Gasteiger partial charge is 0.0504 e. The summed E-state index contributed by atoms with van der Waals surface area (Å²) in [7, 11) is 0. The number of benzene rings is 1. The summed E-state index contributed by atoms with van der Waals surface area (Å²) in [5.74, 6) is 0. The molecule has 2 rings (SSSR count). The van der Waals surface area contributed by atoms with Crippen LogP contribution in [0.1, 0.15) is 6.42 Å². The lowest BCUT2D eigenvalue weighted by Crippen LogP contribution is -2.27. The van der Waals surface area contributed by atoms with Gasteiger partial charge in [-0.2, -0.15) is 0 Å². The van der Waals surface area contributed by atoms with E-state index in [9.17, 15) is 0 Å². The summed E-state index contributed by atoms with van der Waals surface area (Å²) >= 11 is 2.40. The van der Waals surface area contributed by atoms with E-state index < -0.39 is 0 Å². The predicted octanol–water partition coefficient (Wildman–Crippen LogP) is 3.06. The molecule has 13 heavy (non-hydrogen) atoms. The van der Waals surface area contributed by atoms with E-state index in [-0.39, 0.29) is 0 Å². The van der Waals surface area contributed by atoms with Crippen LogP contribution in [0.15, 0.2) is 36.4 Å². The lowest BCUT2D eigenvalue weighted by molar-refractivity contribution is 0.819. The van der Waals surface area contributed by atoms with Gasteiger partial charge in [0.15, 0.2) is 0 Å². The predicted molar refractivity (Wildman–Crippen MR) is 65.1 cm³/mol. The van der Waals surface area contributed by atoms with Crippen LogP contribution in [0, 0.1) is 3.57 Å². The van der Waals surface area contributed by atoms with Gasteiger partial charge in [0.2, 0.25) is 0 Å². The van der Waals surface area contributed by atoms with Crippen LogP contribution >= 0.6 is 22.6 Å². The Kier molecular flexibility index (Phi) is 2.88. The van der Waals surface area contributed by atoms with Crippen molar-refractivity contribution < 1.29 is 0 Å². The highest BCUT2D eigenvalue weighted by molar-refractivity contribution is 14.1. The third-order valence-corrected chi connectivity index (χ3v) is 3.16. The molecular weight excluding hydrogens is 273 g/mol. The molecule has 0 aliphatic carbocycles. The average Bonchev–Trinajstić information content (AvgIpc) is 2.20. The maximum absolute atomic E-state index is 2.42. The number of hydrogen-bond donors (Lipinski definition) is 0. The van der Waals surface area contributed by atoms with E-state index in [0.29, 0.717) is 0 Å². The Morgan fingerprint density at radius 1 is 1.15 bits per heavy atom. The summed E-state index contributed by atoms with van der Waals surface area (Å²) in [6.45, 7) is 2.20. The van der Waals surface area contributed by atoms with Crippen molar-refractivity contribution in [1.29, 1.82) is 0 Å². The molecule has 0 spiro atoms. The summed E-state index contributed by atoms with van der Waals surface area (Å²) in [5, 5.41) is 0. The first-order valence-corrected chi connectivity index (χ1v) is 5.60. The molecule has 0 saturated heterocycles. The van der Waals surface area contributed by atoms with E-state index in [0.717, 1.165) is 13.1 Å². The summed E-state index contributed by atoms with van der Waals surface area (Å²) in [6.07, 6.45) is 5.67. The zero-order valence-electron chi connectivity index (χ0n) is 7.41. The fourth-order valence-corrected chi connectivity index (χ4v) is 2.30. The van der Waals surface area contributed by atoms with E-state index in [1.807, 2.05) is 0 Å². The van der Waals surface area contributed by atoms with Crippen LogP contribution in [0.5, 0.6) is 0 Å². The number of nitrogens with zero attached hydrogens (tertiary/aromatic N) is 1. The SMILES string of the molecule is Ic1ccccc1N1CC=CCC1. The van der Waals surface area contributed by atoms with E-state index >= 15 is 0 Å². The Balaban J connectivity index is 2.24. The fraction of sp³-hybridized carbons (Fsp3) is 0.273. The first kappa shape index (κ1) is 9.06. The lowest BCUT2D eigenvalue weighted by atomic mass is 10.2. The van der Waals surface area contributed by atoms with E-state index in [1.165, 1.54) is 15.7 Å². The summed E-state index contributed by atoms with van der Waals surface area (Å²) in [5.41, 5.74) is 1.37. The van der Waals surface area contributed by atoms with Crippen molar-refractivity contribution >= 4 is 28.3 Å². The molecule has 1 aromatic carbocycles. The summed E-state index contributed by atoms with van der Waals surface area (Å²) < 4.78 is 1.34. The molecule has 0 N–H and O–H groups in total. The van der Waals surface area contributed by atoms with Gasteiger partial charge in [-0.1, -0.05) is 24.3 Å². The van der Waals surface area contributed by atoms with Crippen molar-refractivity contribution in [2.75, 3.05) is 18.0 Å². The molecule has 68 valence electrons. The molecule has 1 aromatic rings. The molecule has 2 heteroatoms. The standard InChI is InChI=1S/C11H12IN/c12-10-6-2-3-7-11(10)13-8-4-1-5-9-13/h1-4,6-7H,5,8-9H2. The number of anilines is 1. The van der Waals surface area contributed by atoms with Gasteiger partial charge in [-0.05, 0) is 41.1 Å². The van der Waals surface area contributed by atoms with Crippen LogP contribution in [0.4, 0.5) is 5.69 Å². The Hall–Kier alpha value is -0.510. The molecule has 1 nitrogen and oxygen atoms in total. The second kappa shape index (κ2) is 4.13. The van der Waals surface area contributed by atoms with Gasteiger partial charge < -0.3 is 4.90 Å². The minimum absolute atomic E-state index is 1.06. The Morgan fingerprint density at radius 2 is 2.00 bits per heavy atom. The van der Waals surface area contributed by atoms with Gasteiger partial charge in [0.1, 0.15) is 0 Å². The van der Waals surface area contributed by atoms with Crippen LogP contribution in [0.2, 0.25) is 0 Å². The van der Waals surface area contributed by atoms with Crippen LogP contribution in [0.3, 0.4) is 0 Å². The first-order chi connectivity index (χ1) is 6.38. The van der Waals surface area contributed by atoms with E-state index in [2.05, 4.69) is 63.9 Å². The highest BCUT2D eigenvalue weighted by Gasteiger charge is 2.08. The molecule has 1 aliphatic heterocycles. The van der Waals surface area contributed by atoms with Gasteiger partial charge in [0.25, 0.3) is 0 Å². The molecule has 0 radical (unpaired) electrons. The van der Waals surface area contributed by atoms with E-state index in [1.54, 1.807) is 0 Å². The number of halogens is 1. The van der Waals surface area contributed by atoms with Crippen molar-refractivity contribution in [3.8, 4) is 0 Å². The molecule has 0 aromatic heterocycles. The van der Waals surface area contributed by atoms with Gasteiger partial charge >= 0.3 is 0 Å². The van der Waals surface area contributed by atoms with E-state index in [4.69, 9.17) is 0 Å². The van der Waals surface area contributed by atoms with Crippen molar-refractivity contribution in [3.63, 3.8) is 0 Å². The number of para-hydroxylation sites is 1. The Bertz CT molecular complexity index is 320. The van der Waals surface area contributed by atoms with Crippen LogP contribution in [-0.4, -0.2) is 13.1 Å². The molecular formula is C11H12IN. The average molecular weight is 285 g/mol. The Morgan fingerprint density at radius 3 is 2.69 bits per heavy atom. The zero-order chi connectivity index (χ0) is 9.10. The summed E-state index contributed by atoms with van der Waals surface area (Å²) in [6, 6.07) is 8.55. The third kappa shape index (κ3) is 2.05. The monoisotopic (exact) mass is 285 g/mol. The molecule has 0 saturated carbocycles. The van der Waals surface area contributed by atoms with Gasteiger partial charge in [-0.3, -0.25) is 0 Å². The van der Waals surface area contributed by atoms with Crippen LogP contribution < -0.4 is 4.90 Å². The van der Waals surface area contributed by atoms with Crippen LogP contribution in [0.25, 0.3) is 0 Å². The van der Waals surface area contributed by atoms with Crippen molar-refractivity contribution in [2.24, 2.45) is 0 Å². The van der Waals surface area contributed by atoms with Gasteiger partial charge in [0, 0.05) is 16.7 Å². The minimum atomic E-state index is 1.06. The third-order valence-electron chi connectivity index (χ3n) is 2.25. The van der Waals surface area contributed by atoms with Gasteiger partial charge in [-0.15, -0.1) is 0 Å². The highest BCUT2D eigenvalue weighted by Crippen LogP contribution is 2.23. The molecule has 0 bridgehead atoms. The zero-order valence-corrected chi connectivity index (χ0v) is 9.57. The van der Waals surface area contributed by atoms with Crippen molar-refractivity contribution in [3.05, 3.63) is 40.0 Å². The first-order valence-electron chi connectivity index (χ1n) is 4.52. The van der Waals surface area contributed by atoms with Crippen LogP contribution in [-0.2, 0) is 0 Å². The number of rotatable bonds is 1. The topological polar surface area (TPSA) is 3.24 Å². The molecule has 0 amide bonds. The van der Waals surface area contributed by atoms with Gasteiger partial charge in [-0.25, -0.2) is 0 Å². The number of hydrogen-bond acceptors (Lipinski definition) is 1. The Labute approximate surface area is 92.6 Å². The molecule has 0 fully saturated rings. The molecule has 0 unspecified atom stereocenters. The maximum atomic E-state index is 2.42. The minimum Gasteiger partial charge on any atom is -0.367 e. The van der Waals surface area contributed by atoms with Gasteiger partial charge in [0.05, 0.1) is 5.69 Å². The fourth-order valence-electron chi connectivity index (χ4n) is 1.57. The lowest BCUT2D eigenvalue weighted by Gasteiger charge is -2.26. The normalized spacial score (nSPS) is 16.2. The second-order valence-electron chi connectivity index (χ2n) is 3.16. The quantitative estimate of drug-likeness (QED) is 0.566. The molecule has 1 heterocycles. The summed E-state index contributed by atoms with van der Waals surface area (Å²) in [4.78, 5) is 2.42. The molecule has 1 aliphatic rings. The van der Waals surface area contributed by atoms with Crippen molar-refractivity contribution in [1.82, 2.24) is 0 Å². The largest absolute Gasteiger partial charge is 0.367 e. The van der Waals surface area contributed by atoms with Crippen molar-refractivity contribution in [2.45, 2.75) is 6.42 Å². The molecule has 0 atom stereocenters.